The van der Waals surface area contributed by atoms with Crippen molar-refractivity contribution in [2.75, 3.05) is 20.2 Å². The van der Waals surface area contributed by atoms with Gasteiger partial charge in [0.25, 0.3) is 5.91 Å². The SMILES string of the molecule is COc1cc2[nH]ccc2cc1C(=O)N1C[C@@H](C)N(Cc2ccccc2)C[C@@H]1C. The fraction of sp³-hybridized carbons (Fsp3) is 0.348. The number of nitrogens with zero attached hydrogens (tertiary/aromatic N) is 2. The second-order valence-electron chi connectivity index (χ2n) is 7.69. The predicted octanol–water partition coefficient (Wildman–Crippen LogP) is 3.91. The molecule has 28 heavy (non-hydrogen) atoms. The van der Waals surface area contributed by atoms with Crippen molar-refractivity contribution >= 4 is 16.8 Å². The Morgan fingerprint density at radius 2 is 1.89 bits per heavy atom. The Balaban J connectivity index is 1.54. The maximum atomic E-state index is 13.4. The van der Waals surface area contributed by atoms with Crippen molar-refractivity contribution in [3.05, 3.63) is 65.9 Å². The maximum absolute atomic E-state index is 13.4. The van der Waals surface area contributed by atoms with Gasteiger partial charge in [0, 0.05) is 54.9 Å². The zero-order chi connectivity index (χ0) is 19.7. The Labute approximate surface area is 165 Å². The molecular weight excluding hydrogens is 350 g/mol. The standard InChI is InChI=1S/C23H27N3O2/c1-16-14-26(17(2)13-25(16)15-18-7-5-4-6-8-18)23(27)20-11-19-9-10-24-21(19)12-22(20)28-3/h4-12,16-17,24H,13-15H2,1-3H3/t16-,17+/m1/s1. The molecule has 1 N–H and O–H groups in total. The van der Waals surface area contributed by atoms with Crippen molar-refractivity contribution in [2.45, 2.75) is 32.5 Å². The number of piperazine rings is 1. The number of H-pyrrole nitrogens is 1. The minimum absolute atomic E-state index is 0.0404. The number of aromatic amines is 1. The van der Waals surface area contributed by atoms with Crippen molar-refractivity contribution < 1.29 is 9.53 Å². The lowest BCUT2D eigenvalue weighted by Crippen LogP contribution is -2.57. The minimum Gasteiger partial charge on any atom is -0.496 e. The highest BCUT2D eigenvalue weighted by molar-refractivity contribution is 6.01. The molecule has 4 rings (SSSR count). The number of carbonyl (C=O) groups excluding carboxylic acids is 1. The minimum atomic E-state index is 0.0404. The first-order valence-electron chi connectivity index (χ1n) is 9.81. The van der Waals surface area contributed by atoms with Gasteiger partial charge in [-0.15, -0.1) is 0 Å². The predicted molar refractivity (Wildman–Crippen MR) is 112 cm³/mol. The molecule has 1 saturated heterocycles. The Morgan fingerprint density at radius 1 is 1.11 bits per heavy atom. The molecule has 0 bridgehead atoms. The van der Waals surface area contributed by atoms with Gasteiger partial charge in [0.1, 0.15) is 5.75 Å². The van der Waals surface area contributed by atoms with Gasteiger partial charge in [-0.05, 0) is 31.5 Å². The second kappa shape index (κ2) is 7.68. The summed E-state index contributed by atoms with van der Waals surface area (Å²) in [5.41, 5.74) is 2.91. The van der Waals surface area contributed by atoms with E-state index in [-0.39, 0.29) is 11.9 Å². The molecule has 0 saturated carbocycles. The van der Waals surface area contributed by atoms with E-state index in [1.165, 1.54) is 5.56 Å². The number of fused-ring (bicyclic) bond motifs is 1. The average Bonchev–Trinajstić information content (AvgIpc) is 3.17. The molecule has 1 amide bonds. The van der Waals surface area contributed by atoms with Gasteiger partial charge in [0.2, 0.25) is 0 Å². The average molecular weight is 377 g/mol. The third-order valence-corrected chi connectivity index (χ3v) is 5.71. The van der Waals surface area contributed by atoms with Crippen LogP contribution in [0.1, 0.15) is 29.8 Å². The molecule has 5 nitrogen and oxygen atoms in total. The number of ether oxygens (including phenoxy) is 1. The van der Waals surface area contributed by atoms with Crippen LogP contribution in [-0.4, -0.2) is 53.0 Å². The molecule has 0 aliphatic carbocycles. The second-order valence-corrected chi connectivity index (χ2v) is 7.69. The van der Waals surface area contributed by atoms with E-state index in [0.29, 0.717) is 23.9 Å². The molecule has 146 valence electrons. The molecule has 2 atom stereocenters. The molecule has 0 radical (unpaired) electrons. The number of methoxy groups -OCH3 is 1. The van der Waals surface area contributed by atoms with Crippen LogP contribution in [0.3, 0.4) is 0 Å². The fourth-order valence-electron chi connectivity index (χ4n) is 4.09. The molecule has 2 heterocycles. The van der Waals surface area contributed by atoms with Gasteiger partial charge in [-0.2, -0.15) is 0 Å². The van der Waals surface area contributed by atoms with Crippen molar-refractivity contribution in [1.82, 2.24) is 14.8 Å². The van der Waals surface area contributed by atoms with Crippen LogP contribution in [0.25, 0.3) is 10.9 Å². The lowest BCUT2D eigenvalue weighted by atomic mass is 10.0. The summed E-state index contributed by atoms with van der Waals surface area (Å²) in [6, 6.07) is 16.8. The summed E-state index contributed by atoms with van der Waals surface area (Å²) in [5.74, 6) is 0.658. The van der Waals surface area contributed by atoms with Gasteiger partial charge in [-0.1, -0.05) is 30.3 Å². The highest BCUT2D eigenvalue weighted by Crippen LogP contribution is 2.28. The summed E-state index contributed by atoms with van der Waals surface area (Å²) >= 11 is 0. The van der Waals surface area contributed by atoms with Crippen molar-refractivity contribution in [3.8, 4) is 5.75 Å². The Hall–Kier alpha value is -2.79. The number of aromatic nitrogens is 1. The molecule has 0 unspecified atom stereocenters. The molecule has 2 aromatic carbocycles. The Morgan fingerprint density at radius 3 is 2.64 bits per heavy atom. The van der Waals surface area contributed by atoms with Crippen molar-refractivity contribution in [2.24, 2.45) is 0 Å². The first-order chi connectivity index (χ1) is 13.6. The number of hydrogen-bond acceptors (Lipinski definition) is 3. The molecular formula is C23H27N3O2. The van der Waals surface area contributed by atoms with E-state index in [4.69, 9.17) is 4.74 Å². The summed E-state index contributed by atoms with van der Waals surface area (Å²) in [6.07, 6.45) is 1.88. The number of nitrogens with one attached hydrogen (secondary N) is 1. The van der Waals surface area contributed by atoms with E-state index in [2.05, 4.69) is 48.0 Å². The Bertz CT molecular complexity index is 966. The van der Waals surface area contributed by atoms with Crippen LogP contribution in [0, 0.1) is 0 Å². The van der Waals surface area contributed by atoms with Crippen LogP contribution in [0.4, 0.5) is 0 Å². The van der Waals surface area contributed by atoms with Gasteiger partial charge >= 0.3 is 0 Å². The normalized spacial score (nSPS) is 20.5. The van der Waals surface area contributed by atoms with Gasteiger partial charge in [0.05, 0.1) is 12.7 Å². The number of benzene rings is 2. The van der Waals surface area contributed by atoms with Gasteiger partial charge in [-0.25, -0.2) is 0 Å². The molecule has 5 heteroatoms. The molecule has 1 aliphatic heterocycles. The molecule has 3 aromatic rings. The van der Waals surface area contributed by atoms with Crippen molar-refractivity contribution in [1.29, 1.82) is 0 Å². The largest absolute Gasteiger partial charge is 0.496 e. The van der Waals surface area contributed by atoms with Gasteiger partial charge in [-0.3, -0.25) is 9.69 Å². The smallest absolute Gasteiger partial charge is 0.257 e. The van der Waals surface area contributed by atoms with E-state index in [0.717, 1.165) is 24.0 Å². The topological polar surface area (TPSA) is 48.6 Å². The van der Waals surface area contributed by atoms with Crippen LogP contribution in [0.2, 0.25) is 0 Å². The summed E-state index contributed by atoms with van der Waals surface area (Å²) < 4.78 is 5.52. The zero-order valence-corrected chi connectivity index (χ0v) is 16.7. The van der Waals surface area contributed by atoms with Crippen LogP contribution in [-0.2, 0) is 6.54 Å². The number of amides is 1. The maximum Gasteiger partial charge on any atom is 0.257 e. The van der Waals surface area contributed by atoms with Crippen LogP contribution in [0.15, 0.2) is 54.7 Å². The number of rotatable bonds is 4. The van der Waals surface area contributed by atoms with Crippen LogP contribution >= 0.6 is 0 Å². The monoisotopic (exact) mass is 377 g/mol. The number of carbonyl (C=O) groups is 1. The highest BCUT2D eigenvalue weighted by Gasteiger charge is 2.33. The lowest BCUT2D eigenvalue weighted by molar-refractivity contribution is 0.0289. The van der Waals surface area contributed by atoms with Crippen LogP contribution in [0.5, 0.6) is 5.75 Å². The molecule has 0 spiro atoms. The summed E-state index contributed by atoms with van der Waals surface area (Å²) in [4.78, 5) is 21.0. The van der Waals surface area contributed by atoms with E-state index < -0.39 is 0 Å². The van der Waals surface area contributed by atoms with E-state index in [9.17, 15) is 4.79 Å². The first kappa shape index (κ1) is 18.6. The van der Waals surface area contributed by atoms with Gasteiger partial charge < -0.3 is 14.6 Å². The highest BCUT2D eigenvalue weighted by atomic mass is 16.5. The fourth-order valence-corrected chi connectivity index (χ4v) is 4.09. The van der Waals surface area contributed by atoms with E-state index in [1.54, 1.807) is 7.11 Å². The third kappa shape index (κ3) is 3.50. The zero-order valence-electron chi connectivity index (χ0n) is 16.7. The van der Waals surface area contributed by atoms with E-state index in [1.807, 2.05) is 35.4 Å². The van der Waals surface area contributed by atoms with Gasteiger partial charge in [0.15, 0.2) is 0 Å². The lowest BCUT2D eigenvalue weighted by Gasteiger charge is -2.44. The van der Waals surface area contributed by atoms with Crippen molar-refractivity contribution in [3.63, 3.8) is 0 Å². The first-order valence-corrected chi connectivity index (χ1v) is 9.81. The quantitative estimate of drug-likeness (QED) is 0.750. The molecule has 1 aliphatic rings. The Kier molecular flexibility index (Phi) is 5.09. The number of hydrogen-bond donors (Lipinski definition) is 1. The third-order valence-electron chi connectivity index (χ3n) is 5.71. The molecule has 1 aromatic heterocycles. The molecule has 1 fully saturated rings. The summed E-state index contributed by atoms with van der Waals surface area (Å²) in [7, 11) is 1.62. The van der Waals surface area contributed by atoms with E-state index >= 15 is 0 Å². The summed E-state index contributed by atoms with van der Waals surface area (Å²) in [5, 5.41) is 1.02. The van der Waals surface area contributed by atoms with Crippen LogP contribution < -0.4 is 4.74 Å². The summed E-state index contributed by atoms with van der Waals surface area (Å²) in [6.45, 7) is 6.80.